The number of ether oxygens (including phenoxy) is 2. The molecule has 0 aliphatic rings. The van der Waals surface area contributed by atoms with Crippen molar-refractivity contribution in [2.75, 3.05) is 13.2 Å². The monoisotopic (exact) mass is 818 g/mol. The molecule has 0 radical (unpaired) electrons. The molecule has 0 saturated heterocycles. The molecule has 4 aromatic heterocycles. The molecule has 0 aromatic carbocycles. The minimum atomic E-state index is -1.04. The second-order valence-corrected chi connectivity index (χ2v) is 25.6. The molecule has 0 amide bonds. The van der Waals surface area contributed by atoms with Gasteiger partial charge in [0.1, 0.15) is 47.7 Å². The normalized spacial score (nSPS) is 12.3. The average Bonchev–Trinajstić information content (AvgIpc) is 3.31. The third-order valence-electron chi connectivity index (χ3n) is 5.58. The Balaban J connectivity index is 0.000000211. The van der Waals surface area contributed by atoms with Gasteiger partial charge in [-0.1, -0.05) is 62.5 Å². The molecule has 0 N–H and O–H groups in total. The van der Waals surface area contributed by atoms with E-state index < -0.39 is 16.1 Å². The fraction of sp³-hybridized carbons (Fsp3) is 0.500. The molecule has 0 spiro atoms. The highest BCUT2D eigenvalue weighted by Crippen LogP contribution is 2.27. The zero-order chi connectivity index (χ0) is 28.1. The molecule has 4 rings (SSSR count). The predicted molar refractivity (Wildman–Crippen MR) is 179 cm³/mol. The minimum absolute atomic E-state index is 0.496. The van der Waals surface area contributed by atoms with E-state index in [-0.39, 0.29) is 0 Å². The van der Waals surface area contributed by atoms with Crippen LogP contribution < -0.4 is 0 Å². The molecule has 0 saturated carbocycles. The van der Waals surface area contributed by atoms with E-state index >= 15 is 0 Å². The first-order valence-corrected chi connectivity index (χ1v) is 22.5. The van der Waals surface area contributed by atoms with E-state index in [1.165, 1.54) is 24.7 Å². The highest BCUT2D eigenvalue weighted by Gasteiger charge is 2.15. The fourth-order valence-electron chi connectivity index (χ4n) is 3.36. The molecule has 208 valence electrons. The number of rotatable bonds is 10. The van der Waals surface area contributed by atoms with Crippen molar-refractivity contribution < 1.29 is 9.47 Å². The highest BCUT2D eigenvalue weighted by atomic mass is 127. The van der Waals surface area contributed by atoms with E-state index in [1.807, 2.05) is 21.5 Å². The van der Waals surface area contributed by atoms with Crippen molar-refractivity contribution >= 4 is 107 Å². The lowest BCUT2D eigenvalue weighted by atomic mass is 10.4. The quantitative estimate of drug-likeness (QED) is 0.0699. The topological polar surface area (TPSA) is 79.9 Å². The second kappa shape index (κ2) is 14.0. The third kappa shape index (κ3) is 9.34. The summed E-state index contributed by atoms with van der Waals surface area (Å²) in [6.45, 7) is 16.7. The summed E-state index contributed by atoms with van der Waals surface area (Å²) in [5.74, 6) is 0. The van der Waals surface area contributed by atoms with E-state index in [2.05, 4.69) is 104 Å². The minimum Gasteiger partial charge on any atom is -0.361 e. The van der Waals surface area contributed by atoms with Gasteiger partial charge in [-0.05, 0) is 57.3 Å². The maximum absolute atomic E-state index is 6.09. The zero-order valence-electron chi connectivity index (χ0n) is 22.6. The number of fused-ring (bicyclic) bond motifs is 2. The van der Waals surface area contributed by atoms with Crippen molar-refractivity contribution in [3.63, 3.8) is 0 Å². The fourth-order valence-corrected chi connectivity index (χ4v) is 7.32. The Bertz CT molecular complexity index is 1270. The van der Waals surface area contributed by atoms with Gasteiger partial charge in [0.05, 0.1) is 10.8 Å². The van der Waals surface area contributed by atoms with Crippen LogP contribution in [0.4, 0.5) is 0 Å². The molecule has 14 heteroatoms. The summed E-state index contributed by atoms with van der Waals surface area (Å²) < 4.78 is 17.6. The van der Waals surface area contributed by atoms with Crippen molar-refractivity contribution in [3.8, 4) is 0 Å². The summed E-state index contributed by atoms with van der Waals surface area (Å²) in [5.41, 5.74) is 1.66. The Morgan fingerprint density at radius 3 is 1.39 bits per heavy atom. The van der Waals surface area contributed by atoms with Gasteiger partial charge in [-0.15, -0.1) is 0 Å². The van der Waals surface area contributed by atoms with Gasteiger partial charge in [-0.2, -0.15) is 0 Å². The van der Waals surface area contributed by atoms with E-state index in [1.54, 1.807) is 0 Å². The number of nitrogens with zero attached hydrogens (tertiary/aromatic N) is 6. The van der Waals surface area contributed by atoms with E-state index in [9.17, 15) is 0 Å². The molecule has 8 nitrogen and oxygen atoms in total. The van der Waals surface area contributed by atoms with Gasteiger partial charge in [0, 0.05) is 48.9 Å². The smallest absolute Gasteiger partial charge is 0.147 e. The predicted octanol–water partition coefficient (Wildman–Crippen LogP) is 8.00. The van der Waals surface area contributed by atoms with Gasteiger partial charge in [0.2, 0.25) is 0 Å². The van der Waals surface area contributed by atoms with E-state index in [4.69, 9.17) is 32.7 Å². The van der Waals surface area contributed by atoms with Crippen molar-refractivity contribution in [2.24, 2.45) is 0 Å². The highest BCUT2D eigenvalue weighted by molar-refractivity contribution is 14.1. The maximum Gasteiger partial charge on any atom is 0.147 e. The summed E-state index contributed by atoms with van der Waals surface area (Å²) in [7, 11) is -2.07. The molecular formula is C24H34Cl2I2N6O2Si2. The van der Waals surface area contributed by atoms with Crippen LogP contribution in [-0.2, 0) is 22.9 Å². The summed E-state index contributed by atoms with van der Waals surface area (Å²) in [6.07, 6.45) is 6.97. The summed E-state index contributed by atoms with van der Waals surface area (Å²) in [6, 6.07) is 2.33. The number of hydrogen-bond acceptors (Lipinski definition) is 6. The van der Waals surface area contributed by atoms with E-state index in [0.29, 0.717) is 23.8 Å². The standard InChI is InChI=1S/2C12H17ClIN3OSi/c2*1-19(2,3)5-4-18-8-17-6-9(14)10-11(13)15-7-16-12(10)17/h2*6-7H,4-5,8H2,1-3H3. The maximum atomic E-state index is 6.09. The molecule has 0 atom stereocenters. The number of halogens is 4. The van der Waals surface area contributed by atoms with Crippen molar-refractivity contribution in [2.45, 2.75) is 64.8 Å². The first kappa shape index (κ1) is 32.2. The van der Waals surface area contributed by atoms with Crippen LogP contribution >= 0.6 is 68.4 Å². The number of aromatic nitrogens is 6. The molecule has 0 unspecified atom stereocenters. The van der Waals surface area contributed by atoms with Gasteiger partial charge < -0.3 is 18.6 Å². The molecule has 0 aliphatic heterocycles. The number of hydrogen-bond donors (Lipinski definition) is 0. The Morgan fingerprint density at radius 2 is 1.05 bits per heavy atom. The Morgan fingerprint density at radius 1 is 0.684 bits per heavy atom. The van der Waals surface area contributed by atoms with E-state index in [0.717, 1.165) is 42.4 Å². The molecule has 4 aromatic rings. The molecular weight excluding hydrogens is 785 g/mol. The van der Waals surface area contributed by atoms with Crippen LogP contribution in [0.2, 0.25) is 61.7 Å². The summed E-state index contributed by atoms with van der Waals surface area (Å²) in [4.78, 5) is 16.6. The lowest BCUT2D eigenvalue weighted by Gasteiger charge is -2.15. The van der Waals surface area contributed by atoms with Crippen LogP contribution in [0.3, 0.4) is 0 Å². The molecule has 38 heavy (non-hydrogen) atoms. The van der Waals surface area contributed by atoms with Crippen LogP contribution in [0, 0.1) is 7.14 Å². The van der Waals surface area contributed by atoms with Crippen molar-refractivity contribution in [1.82, 2.24) is 29.1 Å². The van der Waals surface area contributed by atoms with Gasteiger partial charge >= 0.3 is 0 Å². The van der Waals surface area contributed by atoms with Gasteiger partial charge in [-0.25, -0.2) is 19.9 Å². The first-order valence-electron chi connectivity index (χ1n) is 12.2. The van der Waals surface area contributed by atoms with Crippen LogP contribution in [0.5, 0.6) is 0 Å². The molecule has 0 fully saturated rings. The first-order chi connectivity index (χ1) is 17.8. The summed E-state index contributed by atoms with van der Waals surface area (Å²) >= 11 is 16.7. The lowest BCUT2D eigenvalue weighted by molar-refractivity contribution is 0.0897. The van der Waals surface area contributed by atoms with Crippen LogP contribution in [0.1, 0.15) is 0 Å². The Hall–Kier alpha value is -0.366. The van der Waals surface area contributed by atoms with Crippen LogP contribution in [-0.4, -0.2) is 58.4 Å². The Labute approximate surface area is 263 Å². The lowest BCUT2D eigenvalue weighted by Crippen LogP contribution is -2.22. The Kier molecular flexibility index (Phi) is 11.8. The SMILES string of the molecule is C[Si](C)(C)CCOCn1cc(I)c2c(Cl)ncnc21.C[Si](C)(C)CCOCn1cc(I)c2c(Cl)ncnc21. The van der Waals surface area contributed by atoms with Gasteiger partial charge in [-0.3, -0.25) is 0 Å². The largest absolute Gasteiger partial charge is 0.361 e. The van der Waals surface area contributed by atoms with Gasteiger partial charge in [0.25, 0.3) is 0 Å². The van der Waals surface area contributed by atoms with Crippen molar-refractivity contribution in [3.05, 3.63) is 42.5 Å². The third-order valence-corrected chi connectivity index (χ3v) is 11.2. The molecule has 4 heterocycles. The zero-order valence-corrected chi connectivity index (χ0v) is 30.4. The van der Waals surface area contributed by atoms with Gasteiger partial charge in [0.15, 0.2) is 0 Å². The van der Waals surface area contributed by atoms with Crippen LogP contribution in [0.25, 0.3) is 22.1 Å². The second-order valence-electron chi connectivity index (χ2n) is 11.3. The molecule has 0 aliphatic carbocycles. The average molecular weight is 819 g/mol. The molecule has 0 bridgehead atoms. The van der Waals surface area contributed by atoms with Crippen molar-refractivity contribution in [1.29, 1.82) is 0 Å². The van der Waals surface area contributed by atoms with Crippen LogP contribution in [0.15, 0.2) is 25.0 Å². The summed E-state index contributed by atoms with van der Waals surface area (Å²) in [5, 5.41) is 2.79.